The highest BCUT2D eigenvalue weighted by atomic mass is 35.5. The Morgan fingerprint density at radius 1 is 1.36 bits per heavy atom. The molecular formula is C6H8Cl2N2O. The molecule has 5 heteroatoms. The molecule has 0 spiro atoms. The molecule has 0 aromatic heterocycles. The van der Waals surface area contributed by atoms with Crippen molar-refractivity contribution in [2.75, 3.05) is 0 Å². The van der Waals surface area contributed by atoms with Gasteiger partial charge in [0.05, 0.1) is 10.7 Å². The summed E-state index contributed by atoms with van der Waals surface area (Å²) in [6.07, 6.45) is 1.21. The number of allylic oxidation sites excluding steroid dienone is 2. The Bertz CT molecular complexity index is 225. The molecule has 0 aromatic carbocycles. The maximum atomic E-state index is 10.7. The molecule has 0 saturated carbocycles. The quantitative estimate of drug-likeness (QED) is 0.392. The highest BCUT2D eigenvalue weighted by Gasteiger charge is 2.04. The number of hydrogen-bond acceptors (Lipinski definition) is 3. The highest BCUT2D eigenvalue weighted by molar-refractivity contribution is 6.33. The third kappa shape index (κ3) is 3.91. The van der Waals surface area contributed by atoms with Gasteiger partial charge >= 0.3 is 0 Å². The minimum Gasteiger partial charge on any atom is -0.389 e. The number of ketones is 1. The van der Waals surface area contributed by atoms with E-state index >= 15 is 0 Å². The van der Waals surface area contributed by atoms with Gasteiger partial charge in [-0.25, -0.2) is 0 Å². The normalized spacial score (nSPS) is 14.3. The number of halogens is 2. The SMILES string of the molecule is CC(=O)C(/C=C(\N)Cl)=C(/N)Cl. The van der Waals surface area contributed by atoms with E-state index in [0.717, 1.165) is 0 Å². The van der Waals surface area contributed by atoms with Crippen molar-refractivity contribution < 1.29 is 4.79 Å². The first kappa shape index (κ1) is 10.3. The molecule has 0 aliphatic carbocycles. The lowest BCUT2D eigenvalue weighted by Crippen LogP contribution is -2.03. The first-order valence-corrected chi connectivity index (χ1v) is 3.49. The molecule has 0 bridgehead atoms. The molecule has 0 unspecified atom stereocenters. The van der Waals surface area contributed by atoms with Crippen molar-refractivity contribution in [1.29, 1.82) is 0 Å². The molecule has 0 rings (SSSR count). The first-order valence-electron chi connectivity index (χ1n) is 2.74. The van der Waals surface area contributed by atoms with Crippen LogP contribution in [0.1, 0.15) is 6.92 Å². The summed E-state index contributed by atoms with van der Waals surface area (Å²) in [7, 11) is 0. The van der Waals surface area contributed by atoms with Gasteiger partial charge in [0.2, 0.25) is 0 Å². The van der Waals surface area contributed by atoms with Crippen LogP contribution < -0.4 is 11.5 Å². The summed E-state index contributed by atoms with van der Waals surface area (Å²) >= 11 is 10.7. The Labute approximate surface area is 74.6 Å². The molecule has 11 heavy (non-hydrogen) atoms. The zero-order valence-electron chi connectivity index (χ0n) is 5.90. The molecular weight excluding hydrogens is 187 g/mol. The molecule has 0 amide bonds. The van der Waals surface area contributed by atoms with Crippen LogP contribution in [-0.4, -0.2) is 5.78 Å². The molecule has 3 nitrogen and oxygen atoms in total. The highest BCUT2D eigenvalue weighted by Crippen LogP contribution is 2.08. The van der Waals surface area contributed by atoms with Crippen molar-refractivity contribution in [3.8, 4) is 0 Å². The smallest absolute Gasteiger partial charge is 0.162 e. The second kappa shape index (κ2) is 4.26. The summed E-state index contributed by atoms with van der Waals surface area (Å²) in [5.74, 6) is -0.277. The van der Waals surface area contributed by atoms with Crippen LogP contribution in [0, 0.1) is 0 Å². The zero-order chi connectivity index (χ0) is 9.02. The van der Waals surface area contributed by atoms with Crippen LogP contribution in [0.3, 0.4) is 0 Å². The van der Waals surface area contributed by atoms with Gasteiger partial charge in [-0.2, -0.15) is 0 Å². The number of hydrogen-bond donors (Lipinski definition) is 2. The maximum absolute atomic E-state index is 10.7. The largest absolute Gasteiger partial charge is 0.389 e. The fraction of sp³-hybridized carbons (Fsp3) is 0.167. The van der Waals surface area contributed by atoms with Crippen molar-refractivity contribution in [3.63, 3.8) is 0 Å². The van der Waals surface area contributed by atoms with E-state index in [0.29, 0.717) is 0 Å². The van der Waals surface area contributed by atoms with Gasteiger partial charge < -0.3 is 11.5 Å². The van der Waals surface area contributed by atoms with Gasteiger partial charge in [-0.3, -0.25) is 4.79 Å². The van der Waals surface area contributed by atoms with E-state index in [1.807, 2.05) is 0 Å². The molecule has 0 radical (unpaired) electrons. The van der Waals surface area contributed by atoms with Crippen molar-refractivity contribution in [2.24, 2.45) is 11.5 Å². The second-order valence-corrected chi connectivity index (χ2v) is 2.69. The molecule has 0 atom stereocenters. The van der Waals surface area contributed by atoms with Crippen molar-refractivity contribution in [2.45, 2.75) is 6.92 Å². The lowest BCUT2D eigenvalue weighted by atomic mass is 10.2. The van der Waals surface area contributed by atoms with E-state index < -0.39 is 0 Å². The summed E-state index contributed by atoms with van der Waals surface area (Å²) in [5.41, 5.74) is 10.4. The third-order valence-corrected chi connectivity index (χ3v) is 1.23. The van der Waals surface area contributed by atoms with Crippen molar-refractivity contribution >= 4 is 29.0 Å². The Kier molecular flexibility index (Phi) is 4.00. The number of carbonyl (C=O) groups is 1. The molecule has 0 aliphatic heterocycles. The Balaban J connectivity index is 4.81. The molecule has 0 fully saturated rings. The van der Waals surface area contributed by atoms with E-state index in [-0.39, 0.29) is 21.7 Å². The van der Waals surface area contributed by atoms with Crippen LogP contribution >= 0.6 is 23.2 Å². The van der Waals surface area contributed by atoms with Crippen molar-refractivity contribution in [1.82, 2.24) is 0 Å². The summed E-state index contributed by atoms with van der Waals surface area (Å²) in [5, 5.41) is -0.139. The minimum atomic E-state index is -0.277. The third-order valence-electron chi connectivity index (χ3n) is 0.919. The summed E-state index contributed by atoms with van der Waals surface area (Å²) in [4.78, 5) is 10.7. The number of carbonyl (C=O) groups excluding carboxylic acids is 1. The zero-order valence-corrected chi connectivity index (χ0v) is 7.41. The van der Waals surface area contributed by atoms with E-state index in [9.17, 15) is 4.79 Å². The van der Waals surface area contributed by atoms with Crippen LogP contribution in [0.4, 0.5) is 0 Å². The Morgan fingerprint density at radius 3 is 1.91 bits per heavy atom. The predicted octanol–water partition coefficient (Wildman–Crippen LogP) is 1.02. The number of nitrogens with two attached hydrogens (primary N) is 2. The number of rotatable bonds is 2. The van der Waals surface area contributed by atoms with E-state index in [4.69, 9.17) is 34.7 Å². The predicted molar refractivity (Wildman–Crippen MR) is 45.9 cm³/mol. The van der Waals surface area contributed by atoms with Gasteiger partial charge in [0.25, 0.3) is 0 Å². The standard InChI is InChI=1S/C6H8Cl2N2O/c1-3(11)4(6(8)10)2-5(7)9/h2H,9-10H2,1H3/b5-2-,6-4+. The van der Waals surface area contributed by atoms with Gasteiger partial charge in [-0.05, 0) is 13.0 Å². The number of Topliss-reactive ketones (excluding diaryl/α,β-unsaturated/α-hetero) is 1. The average molecular weight is 195 g/mol. The van der Waals surface area contributed by atoms with Gasteiger partial charge in [0, 0.05) is 0 Å². The minimum absolute atomic E-state index is 0.0289. The van der Waals surface area contributed by atoms with Crippen LogP contribution in [0.2, 0.25) is 0 Å². The summed E-state index contributed by atoms with van der Waals surface area (Å²) in [6, 6.07) is 0. The van der Waals surface area contributed by atoms with Crippen LogP contribution in [0.25, 0.3) is 0 Å². The molecule has 0 aromatic rings. The fourth-order valence-corrected chi connectivity index (χ4v) is 0.773. The van der Waals surface area contributed by atoms with E-state index in [1.165, 1.54) is 13.0 Å². The van der Waals surface area contributed by atoms with Crippen LogP contribution in [0.15, 0.2) is 22.0 Å². The fourth-order valence-electron chi connectivity index (χ4n) is 0.477. The topological polar surface area (TPSA) is 69.1 Å². The monoisotopic (exact) mass is 194 g/mol. The average Bonchev–Trinajstić information content (AvgIpc) is 1.81. The van der Waals surface area contributed by atoms with Gasteiger partial charge in [0.15, 0.2) is 5.78 Å². The lowest BCUT2D eigenvalue weighted by molar-refractivity contribution is -0.113. The second-order valence-electron chi connectivity index (χ2n) is 1.85. The maximum Gasteiger partial charge on any atom is 0.162 e. The Hall–Kier alpha value is -0.670. The summed E-state index contributed by atoms with van der Waals surface area (Å²) in [6.45, 7) is 1.32. The molecule has 62 valence electrons. The van der Waals surface area contributed by atoms with E-state index in [2.05, 4.69) is 0 Å². The van der Waals surface area contributed by atoms with Gasteiger partial charge in [-0.1, -0.05) is 23.2 Å². The van der Waals surface area contributed by atoms with E-state index in [1.54, 1.807) is 0 Å². The van der Waals surface area contributed by atoms with Gasteiger partial charge in [-0.15, -0.1) is 0 Å². The molecule has 0 saturated heterocycles. The van der Waals surface area contributed by atoms with Crippen LogP contribution in [-0.2, 0) is 4.79 Å². The van der Waals surface area contributed by atoms with Crippen molar-refractivity contribution in [3.05, 3.63) is 22.0 Å². The van der Waals surface area contributed by atoms with Crippen LogP contribution in [0.5, 0.6) is 0 Å². The molecule has 4 N–H and O–H groups in total. The summed E-state index contributed by atoms with van der Waals surface area (Å²) < 4.78 is 0. The first-order chi connectivity index (χ1) is 4.95. The molecule has 0 aliphatic rings. The molecule has 0 heterocycles. The lowest BCUT2D eigenvalue weighted by Gasteiger charge is -1.96. The Morgan fingerprint density at radius 2 is 1.82 bits per heavy atom. The van der Waals surface area contributed by atoms with Gasteiger partial charge in [0.1, 0.15) is 5.16 Å².